The summed E-state index contributed by atoms with van der Waals surface area (Å²) in [5.41, 5.74) is 0.190. The van der Waals surface area contributed by atoms with Crippen LogP contribution in [0.1, 0.15) is 33.3 Å². The van der Waals surface area contributed by atoms with Crippen LogP contribution < -0.4 is 5.32 Å². The fourth-order valence-electron chi connectivity index (χ4n) is 2.71. The topological polar surface area (TPSA) is 114 Å². The molecule has 0 fully saturated rings. The second-order valence-electron chi connectivity index (χ2n) is 7.74. The monoisotopic (exact) mass is 425 g/mol. The third-order valence-corrected chi connectivity index (χ3v) is 5.87. The number of hydrogen-bond donors (Lipinski definition) is 1. The molecular weight excluding hydrogens is 398 g/mol. The molecule has 29 heavy (non-hydrogen) atoms. The Morgan fingerprint density at radius 2 is 1.83 bits per heavy atom. The summed E-state index contributed by atoms with van der Waals surface area (Å²) in [6.45, 7) is 8.35. The van der Waals surface area contributed by atoms with E-state index in [9.17, 15) is 18.0 Å². The Hall–Kier alpha value is -2.62. The summed E-state index contributed by atoms with van der Waals surface area (Å²) in [4.78, 5) is 28.4. The predicted molar refractivity (Wildman–Crippen MR) is 107 cm³/mol. The summed E-state index contributed by atoms with van der Waals surface area (Å²) in [5.74, 6) is -0.625. The van der Waals surface area contributed by atoms with E-state index in [1.807, 2.05) is 6.92 Å². The molecule has 0 spiro atoms. The van der Waals surface area contributed by atoms with Gasteiger partial charge in [-0.2, -0.15) is 0 Å². The summed E-state index contributed by atoms with van der Waals surface area (Å²) in [6.07, 6.45) is -0.720. The van der Waals surface area contributed by atoms with Crippen molar-refractivity contribution >= 4 is 27.9 Å². The minimum absolute atomic E-state index is 0.0341. The Balaban J connectivity index is 2.34. The van der Waals surface area contributed by atoms with Gasteiger partial charge in [-0.25, -0.2) is 22.3 Å². The molecule has 1 amide bonds. The second-order valence-corrected chi connectivity index (χ2v) is 9.61. The van der Waals surface area contributed by atoms with E-state index in [1.165, 1.54) is 19.2 Å². The van der Waals surface area contributed by atoms with Crippen molar-refractivity contribution in [2.24, 2.45) is 4.99 Å². The normalized spacial score (nSPS) is 18.1. The number of amidine groups is 1. The lowest BCUT2D eigenvalue weighted by Crippen LogP contribution is -2.48. The number of nitrogens with zero attached hydrogens (tertiary/aromatic N) is 2. The average molecular weight is 426 g/mol. The number of hydrogen-bond acceptors (Lipinski definition) is 7. The zero-order chi connectivity index (χ0) is 22.0. The van der Waals surface area contributed by atoms with Crippen molar-refractivity contribution in [1.29, 1.82) is 0 Å². The van der Waals surface area contributed by atoms with Crippen molar-refractivity contribution in [3.8, 4) is 0 Å². The molecule has 10 heteroatoms. The fraction of sp³-hybridized carbons (Fsp3) is 0.526. The standard InChI is InChI=1S/C19H27N3O6S/c1-12-7-9-14(10-8-12)29(25,26)22-11-15(17(23)27-6)21-16(22)13(2)20-18(24)28-19(3,4)5/h7-10,13,15H,11H2,1-6H3,(H,20,24)/t13-,15-/m0/s1. The van der Waals surface area contributed by atoms with E-state index in [0.29, 0.717) is 0 Å². The van der Waals surface area contributed by atoms with Crippen LogP contribution in [-0.2, 0) is 24.3 Å². The molecule has 1 aromatic carbocycles. The predicted octanol–water partition coefficient (Wildman–Crippen LogP) is 1.85. The van der Waals surface area contributed by atoms with Crippen LogP contribution in [0.3, 0.4) is 0 Å². The third-order valence-electron chi connectivity index (χ3n) is 4.09. The molecule has 0 saturated heterocycles. The van der Waals surface area contributed by atoms with E-state index in [1.54, 1.807) is 39.8 Å². The number of carbonyl (C=O) groups excluding carboxylic acids is 2. The number of aryl methyl sites for hydroxylation is 1. The molecule has 0 saturated carbocycles. The zero-order valence-electron chi connectivity index (χ0n) is 17.4. The molecule has 1 aromatic rings. The van der Waals surface area contributed by atoms with E-state index in [4.69, 9.17) is 9.47 Å². The number of amides is 1. The van der Waals surface area contributed by atoms with Gasteiger partial charge in [-0.15, -0.1) is 0 Å². The van der Waals surface area contributed by atoms with Gasteiger partial charge in [0.1, 0.15) is 11.4 Å². The van der Waals surface area contributed by atoms with Gasteiger partial charge >= 0.3 is 12.1 Å². The molecule has 0 aliphatic carbocycles. The molecule has 0 radical (unpaired) electrons. The highest BCUT2D eigenvalue weighted by Gasteiger charge is 2.41. The number of nitrogens with one attached hydrogen (secondary N) is 1. The van der Waals surface area contributed by atoms with Crippen molar-refractivity contribution in [2.75, 3.05) is 13.7 Å². The van der Waals surface area contributed by atoms with Crippen LogP contribution in [0.4, 0.5) is 4.79 Å². The molecular formula is C19H27N3O6S. The number of carbonyl (C=O) groups is 2. The number of methoxy groups -OCH3 is 1. The maximum Gasteiger partial charge on any atom is 0.408 e. The smallest absolute Gasteiger partial charge is 0.408 e. The van der Waals surface area contributed by atoms with Crippen LogP contribution in [0.25, 0.3) is 0 Å². The molecule has 2 rings (SSSR count). The van der Waals surface area contributed by atoms with Crippen molar-refractivity contribution in [2.45, 2.75) is 57.2 Å². The SMILES string of the molecule is COC(=O)[C@@H]1CN(S(=O)(=O)c2ccc(C)cc2)C([C@H](C)NC(=O)OC(C)(C)C)=N1. The van der Waals surface area contributed by atoms with Gasteiger partial charge < -0.3 is 14.8 Å². The van der Waals surface area contributed by atoms with Gasteiger partial charge in [0.25, 0.3) is 10.0 Å². The number of ether oxygens (including phenoxy) is 2. The summed E-state index contributed by atoms with van der Waals surface area (Å²) in [6, 6.07) is 4.50. The maximum absolute atomic E-state index is 13.2. The molecule has 1 heterocycles. The van der Waals surface area contributed by atoms with Crippen molar-refractivity contribution < 1.29 is 27.5 Å². The van der Waals surface area contributed by atoms with E-state index >= 15 is 0 Å². The third kappa shape index (κ3) is 5.47. The highest BCUT2D eigenvalue weighted by molar-refractivity contribution is 7.89. The molecule has 2 atom stereocenters. The zero-order valence-corrected chi connectivity index (χ0v) is 18.2. The first kappa shape index (κ1) is 22.7. The van der Waals surface area contributed by atoms with Gasteiger partial charge in [-0.05, 0) is 46.8 Å². The van der Waals surface area contributed by atoms with Crippen LogP contribution in [0, 0.1) is 6.92 Å². The average Bonchev–Trinajstić information content (AvgIpc) is 3.06. The first-order chi connectivity index (χ1) is 13.3. The number of aliphatic imine (C=N–C) groups is 1. The molecule has 160 valence electrons. The van der Waals surface area contributed by atoms with Crippen LogP contribution in [0.15, 0.2) is 34.2 Å². The van der Waals surface area contributed by atoms with Crippen LogP contribution in [-0.4, -0.2) is 62.0 Å². The lowest BCUT2D eigenvalue weighted by molar-refractivity contribution is -0.141. The van der Waals surface area contributed by atoms with Crippen molar-refractivity contribution in [3.63, 3.8) is 0 Å². The molecule has 1 N–H and O–H groups in total. The first-order valence-corrected chi connectivity index (χ1v) is 10.5. The number of esters is 1. The number of rotatable bonds is 5. The van der Waals surface area contributed by atoms with Crippen molar-refractivity contribution in [1.82, 2.24) is 9.62 Å². The van der Waals surface area contributed by atoms with E-state index in [-0.39, 0.29) is 17.3 Å². The van der Waals surface area contributed by atoms with E-state index < -0.39 is 39.8 Å². The Bertz CT molecular complexity index is 903. The maximum atomic E-state index is 13.2. The molecule has 0 unspecified atom stereocenters. The summed E-state index contributed by atoms with van der Waals surface area (Å²) >= 11 is 0. The van der Waals surface area contributed by atoms with E-state index in [0.717, 1.165) is 9.87 Å². The molecule has 0 bridgehead atoms. The number of benzene rings is 1. The molecule has 9 nitrogen and oxygen atoms in total. The minimum atomic E-state index is -3.99. The Morgan fingerprint density at radius 1 is 1.24 bits per heavy atom. The lowest BCUT2D eigenvalue weighted by atomic mass is 10.2. The summed E-state index contributed by atoms with van der Waals surface area (Å²) in [7, 11) is -2.79. The van der Waals surface area contributed by atoms with Crippen LogP contribution >= 0.6 is 0 Å². The lowest BCUT2D eigenvalue weighted by Gasteiger charge is -2.26. The van der Waals surface area contributed by atoms with Gasteiger partial charge in [0.15, 0.2) is 6.04 Å². The van der Waals surface area contributed by atoms with E-state index in [2.05, 4.69) is 10.3 Å². The van der Waals surface area contributed by atoms with Crippen molar-refractivity contribution in [3.05, 3.63) is 29.8 Å². The minimum Gasteiger partial charge on any atom is -0.467 e. The second kappa shape index (κ2) is 8.40. The molecule has 0 aromatic heterocycles. The van der Waals surface area contributed by atoms with Crippen LogP contribution in [0.5, 0.6) is 0 Å². The van der Waals surface area contributed by atoms with Gasteiger partial charge in [0.05, 0.1) is 24.6 Å². The molecule has 1 aliphatic heterocycles. The Labute approximate surface area is 171 Å². The van der Waals surface area contributed by atoms with Gasteiger partial charge in [-0.3, -0.25) is 4.99 Å². The highest BCUT2D eigenvalue weighted by Crippen LogP contribution is 2.24. The number of sulfonamides is 1. The first-order valence-electron chi connectivity index (χ1n) is 9.09. The van der Waals surface area contributed by atoms with Gasteiger partial charge in [0.2, 0.25) is 0 Å². The quantitative estimate of drug-likeness (QED) is 0.720. The van der Waals surface area contributed by atoms with Gasteiger partial charge in [0, 0.05) is 0 Å². The van der Waals surface area contributed by atoms with Crippen LogP contribution in [0.2, 0.25) is 0 Å². The van der Waals surface area contributed by atoms with Gasteiger partial charge in [-0.1, -0.05) is 17.7 Å². The summed E-state index contributed by atoms with van der Waals surface area (Å²) < 4.78 is 37.3. The Kier molecular flexibility index (Phi) is 6.56. The Morgan fingerprint density at radius 3 is 2.34 bits per heavy atom. The fourth-order valence-corrected chi connectivity index (χ4v) is 4.24. The summed E-state index contributed by atoms with van der Waals surface area (Å²) in [5, 5.41) is 2.57. The molecule has 1 aliphatic rings. The largest absolute Gasteiger partial charge is 0.467 e. The number of alkyl carbamates (subject to hydrolysis) is 1. The highest BCUT2D eigenvalue weighted by atomic mass is 32.2.